The molecule has 1 saturated heterocycles. The van der Waals surface area contributed by atoms with Crippen molar-refractivity contribution in [1.29, 1.82) is 0 Å². The molecule has 0 radical (unpaired) electrons. The molecule has 0 saturated carbocycles. The molecule has 0 unspecified atom stereocenters. The lowest BCUT2D eigenvalue weighted by atomic mass is 10.2. The third-order valence-electron chi connectivity index (χ3n) is 4.80. The van der Waals surface area contributed by atoms with E-state index in [0.29, 0.717) is 37.9 Å². The molecule has 1 aliphatic rings. The first-order chi connectivity index (χ1) is 14.5. The maximum atomic E-state index is 12.3. The first kappa shape index (κ1) is 21.8. The minimum Gasteiger partial charge on any atom is -0.459 e. The number of guanidine groups is 1. The van der Waals surface area contributed by atoms with Gasteiger partial charge in [0, 0.05) is 46.3 Å². The van der Waals surface area contributed by atoms with Crippen molar-refractivity contribution >= 4 is 21.9 Å². The molecule has 0 bridgehead atoms. The Hall–Kier alpha value is -2.85. The summed E-state index contributed by atoms with van der Waals surface area (Å²) < 4.78 is 32.2. The molecule has 2 heterocycles. The van der Waals surface area contributed by atoms with E-state index in [-0.39, 0.29) is 24.7 Å². The summed E-state index contributed by atoms with van der Waals surface area (Å²) in [6, 6.07) is 12.7. The third kappa shape index (κ3) is 6.07. The molecule has 2 N–H and O–H groups in total. The predicted molar refractivity (Wildman–Crippen MR) is 115 cm³/mol. The number of rotatable bonds is 7. The minimum absolute atomic E-state index is 0.0597. The van der Waals surface area contributed by atoms with Gasteiger partial charge in [0.05, 0.1) is 12.0 Å². The fourth-order valence-corrected chi connectivity index (χ4v) is 4.07. The van der Waals surface area contributed by atoms with Crippen LogP contribution in [-0.4, -0.2) is 75.6 Å². The first-order valence-corrected chi connectivity index (χ1v) is 11.4. The van der Waals surface area contributed by atoms with Gasteiger partial charge >= 0.3 is 0 Å². The van der Waals surface area contributed by atoms with Gasteiger partial charge in [0.25, 0.3) is 5.91 Å². The van der Waals surface area contributed by atoms with Gasteiger partial charge in [-0.2, -0.15) is 0 Å². The van der Waals surface area contributed by atoms with Crippen LogP contribution in [0.4, 0.5) is 0 Å². The molecule has 30 heavy (non-hydrogen) atoms. The van der Waals surface area contributed by atoms with Gasteiger partial charge in [-0.3, -0.25) is 9.79 Å². The Balaban J connectivity index is 1.42. The van der Waals surface area contributed by atoms with Crippen molar-refractivity contribution in [2.45, 2.75) is 6.54 Å². The lowest BCUT2D eigenvalue weighted by molar-refractivity contribution is 0.0658. The lowest BCUT2D eigenvalue weighted by Crippen LogP contribution is -2.54. The molecule has 1 amide bonds. The van der Waals surface area contributed by atoms with Crippen LogP contribution in [-0.2, 0) is 16.6 Å². The summed E-state index contributed by atoms with van der Waals surface area (Å²) in [7, 11) is -1.75. The van der Waals surface area contributed by atoms with Crippen LogP contribution in [0.3, 0.4) is 0 Å². The van der Waals surface area contributed by atoms with E-state index < -0.39 is 10.0 Å². The van der Waals surface area contributed by atoms with E-state index in [9.17, 15) is 13.2 Å². The molecule has 1 fully saturated rings. The number of sulfonamides is 1. The molecule has 1 aliphatic heterocycles. The van der Waals surface area contributed by atoms with Crippen molar-refractivity contribution in [2.24, 2.45) is 4.99 Å². The van der Waals surface area contributed by atoms with Crippen molar-refractivity contribution in [3.8, 4) is 0 Å². The van der Waals surface area contributed by atoms with E-state index in [1.807, 2.05) is 35.2 Å². The van der Waals surface area contributed by atoms with Crippen LogP contribution in [0.2, 0.25) is 0 Å². The molecule has 1 aromatic heterocycles. The second kappa shape index (κ2) is 10.3. The van der Waals surface area contributed by atoms with Crippen molar-refractivity contribution in [2.75, 3.05) is 45.5 Å². The Bertz CT molecular complexity index is 937. The van der Waals surface area contributed by atoms with Crippen LogP contribution >= 0.6 is 0 Å². The summed E-state index contributed by atoms with van der Waals surface area (Å²) >= 11 is 0. The van der Waals surface area contributed by atoms with Gasteiger partial charge in [-0.05, 0) is 17.7 Å². The molecule has 3 rings (SSSR count). The SMILES string of the molecule is CN=C(NCCS(=O)(=O)NCc1ccccc1)N1CCN(C(=O)c2ccco2)CC1. The number of furan rings is 1. The van der Waals surface area contributed by atoms with Crippen molar-refractivity contribution in [3.63, 3.8) is 0 Å². The monoisotopic (exact) mass is 433 g/mol. The van der Waals surface area contributed by atoms with Crippen LogP contribution in [0.15, 0.2) is 58.1 Å². The average molecular weight is 434 g/mol. The molecular formula is C20H27N5O4S. The van der Waals surface area contributed by atoms with E-state index in [0.717, 1.165) is 5.56 Å². The maximum Gasteiger partial charge on any atom is 0.289 e. The normalized spacial score (nSPS) is 15.3. The van der Waals surface area contributed by atoms with Crippen LogP contribution in [0.5, 0.6) is 0 Å². The molecule has 162 valence electrons. The quantitative estimate of drug-likeness (QED) is 0.493. The fraction of sp³-hybridized carbons (Fsp3) is 0.400. The van der Waals surface area contributed by atoms with Gasteiger partial charge in [0.1, 0.15) is 0 Å². The lowest BCUT2D eigenvalue weighted by Gasteiger charge is -2.36. The summed E-state index contributed by atoms with van der Waals surface area (Å²) in [5.74, 6) is 0.770. The van der Waals surface area contributed by atoms with Gasteiger partial charge in [-0.15, -0.1) is 0 Å². The number of amides is 1. The number of benzene rings is 1. The van der Waals surface area contributed by atoms with Crippen LogP contribution in [0.25, 0.3) is 0 Å². The molecule has 0 spiro atoms. The van der Waals surface area contributed by atoms with Gasteiger partial charge < -0.3 is 19.5 Å². The summed E-state index contributed by atoms with van der Waals surface area (Å²) in [6.07, 6.45) is 1.48. The first-order valence-electron chi connectivity index (χ1n) is 9.78. The highest BCUT2D eigenvalue weighted by molar-refractivity contribution is 7.89. The number of carbonyl (C=O) groups is 1. The highest BCUT2D eigenvalue weighted by atomic mass is 32.2. The Labute approximate surface area is 176 Å². The highest BCUT2D eigenvalue weighted by Crippen LogP contribution is 2.09. The van der Waals surface area contributed by atoms with Gasteiger partial charge in [0.2, 0.25) is 10.0 Å². The maximum absolute atomic E-state index is 12.3. The van der Waals surface area contributed by atoms with Gasteiger partial charge in [-0.25, -0.2) is 13.1 Å². The minimum atomic E-state index is -3.41. The van der Waals surface area contributed by atoms with Crippen LogP contribution in [0, 0.1) is 0 Å². The zero-order valence-electron chi connectivity index (χ0n) is 17.0. The zero-order valence-corrected chi connectivity index (χ0v) is 17.8. The summed E-state index contributed by atoms with van der Waals surface area (Å²) in [4.78, 5) is 20.3. The Kier molecular flexibility index (Phi) is 7.47. The number of piperazine rings is 1. The summed E-state index contributed by atoms with van der Waals surface area (Å²) in [5.41, 5.74) is 0.909. The molecule has 10 heteroatoms. The average Bonchev–Trinajstić information content (AvgIpc) is 3.31. The van der Waals surface area contributed by atoms with Crippen molar-refractivity contribution in [1.82, 2.24) is 19.8 Å². The fourth-order valence-electron chi connectivity index (χ4n) is 3.17. The molecule has 1 aromatic carbocycles. The van der Waals surface area contributed by atoms with Crippen molar-refractivity contribution < 1.29 is 17.6 Å². The summed E-state index contributed by atoms with van der Waals surface area (Å²) in [6.45, 7) is 2.79. The highest BCUT2D eigenvalue weighted by Gasteiger charge is 2.25. The van der Waals surface area contributed by atoms with E-state index in [1.54, 1.807) is 24.1 Å². The third-order valence-corrected chi connectivity index (χ3v) is 6.13. The zero-order chi connectivity index (χ0) is 21.4. The van der Waals surface area contributed by atoms with E-state index in [1.165, 1.54) is 6.26 Å². The van der Waals surface area contributed by atoms with Crippen molar-refractivity contribution in [3.05, 3.63) is 60.1 Å². The topological polar surface area (TPSA) is 107 Å². The number of nitrogens with zero attached hydrogens (tertiary/aromatic N) is 3. The molecule has 0 aliphatic carbocycles. The van der Waals surface area contributed by atoms with E-state index in [4.69, 9.17) is 4.42 Å². The number of hydrogen-bond acceptors (Lipinski definition) is 5. The second-order valence-corrected chi connectivity index (χ2v) is 8.78. The van der Waals surface area contributed by atoms with E-state index >= 15 is 0 Å². The predicted octanol–water partition coefficient (Wildman–Crippen LogP) is 0.732. The van der Waals surface area contributed by atoms with Crippen LogP contribution < -0.4 is 10.0 Å². The van der Waals surface area contributed by atoms with Crippen LogP contribution in [0.1, 0.15) is 16.1 Å². The second-order valence-electron chi connectivity index (χ2n) is 6.86. The number of aliphatic imine (C=N–C) groups is 1. The van der Waals surface area contributed by atoms with E-state index in [2.05, 4.69) is 15.0 Å². The molecular weight excluding hydrogens is 406 g/mol. The Morgan fingerprint density at radius 3 is 2.40 bits per heavy atom. The van der Waals surface area contributed by atoms with Gasteiger partial charge in [0.15, 0.2) is 11.7 Å². The number of hydrogen-bond donors (Lipinski definition) is 2. The molecule has 2 aromatic rings. The van der Waals surface area contributed by atoms with Gasteiger partial charge in [-0.1, -0.05) is 30.3 Å². The molecule has 9 nitrogen and oxygen atoms in total. The standard InChI is InChI=1S/C20H27N5O4S/c1-21-20(22-9-15-30(27,28)23-16-17-6-3-2-4-7-17)25-12-10-24(11-13-25)19(26)18-8-5-14-29-18/h2-8,14,23H,9-13,15-16H2,1H3,(H,21,22). The number of carbonyl (C=O) groups excluding carboxylic acids is 1. The number of nitrogens with one attached hydrogen (secondary N) is 2. The Morgan fingerprint density at radius 2 is 1.77 bits per heavy atom. The summed E-state index contributed by atoms with van der Waals surface area (Å²) in [5, 5.41) is 3.10. The Morgan fingerprint density at radius 1 is 1.07 bits per heavy atom. The smallest absolute Gasteiger partial charge is 0.289 e. The largest absolute Gasteiger partial charge is 0.459 e. The molecule has 0 atom stereocenters.